The number of aromatic nitrogens is 1. The first kappa shape index (κ1) is 21.4. The molecule has 0 atom stereocenters. The van der Waals surface area contributed by atoms with E-state index in [-0.39, 0.29) is 12.5 Å². The molecular formula is C27H27N3O2. The van der Waals surface area contributed by atoms with Gasteiger partial charge in [-0.3, -0.25) is 4.79 Å². The number of aryl methyl sites for hydroxylation is 1. The summed E-state index contributed by atoms with van der Waals surface area (Å²) >= 11 is 0. The van der Waals surface area contributed by atoms with E-state index < -0.39 is 0 Å². The predicted octanol–water partition coefficient (Wildman–Crippen LogP) is 5.14. The van der Waals surface area contributed by atoms with Crippen LogP contribution in [0.25, 0.3) is 10.9 Å². The highest BCUT2D eigenvalue weighted by Gasteiger charge is 2.13. The van der Waals surface area contributed by atoms with Crippen molar-refractivity contribution in [1.82, 2.24) is 9.99 Å². The van der Waals surface area contributed by atoms with Crippen LogP contribution < -0.4 is 10.2 Å². The van der Waals surface area contributed by atoms with Gasteiger partial charge in [0.1, 0.15) is 5.75 Å². The third kappa shape index (κ3) is 4.57. The number of para-hydroxylation sites is 1. The molecule has 5 heteroatoms. The molecule has 32 heavy (non-hydrogen) atoms. The van der Waals surface area contributed by atoms with Crippen LogP contribution in [-0.2, 0) is 11.3 Å². The molecule has 1 heterocycles. The molecule has 0 saturated heterocycles. The van der Waals surface area contributed by atoms with E-state index in [4.69, 9.17) is 4.74 Å². The van der Waals surface area contributed by atoms with Gasteiger partial charge in [0.2, 0.25) is 0 Å². The van der Waals surface area contributed by atoms with Crippen molar-refractivity contribution in [3.05, 3.63) is 101 Å². The number of carbonyl (C=O) groups is 1. The van der Waals surface area contributed by atoms with Crippen LogP contribution in [0.4, 0.5) is 0 Å². The molecule has 3 aromatic carbocycles. The zero-order valence-electron chi connectivity index (χ0n) is 18.6. The summed E-state index contributed by atoms with van der Waals surface area (Å²) in [6.07, 6.45) is 1.72. The van der Waals surface area contributed by atoms with Crippen molar-refractivity contribution < 1.29 is 9.53 Å². The van der Waals surface area contributed by atoms with Crippen molar-refractivity contribution in [1.29, 1.82) is 0 Å². The van der Waals surface area contributed by atoms with E-state index in [0.717, 1.165) is 39.8 Å². The minimum atomic E-state index is -0.298. The smallest absolute Gasteiger partial charge is 0.277 e. The molecule has 162 valence electrons. The van der Waals surface area contributed by atoms with E-state index in [0.29, 0.717) is 5.75 Å². The fourth-order valence-corrected chi connectivity index (χ4v) is 3.82. The minimum absolute atomic E-state index is 0.0869. The van der Waals surface area contributed by atoms with Gasteiger partial charge in [0.15, 0.2) is 6.61 Å². The van der Waals surface area contributed by atoms with Crippen LogP contribution in [0.15, 0.2) is 77.9 Å². The number of amides is 1. The number of nitrogens with zero attached hydrogens (tertiary/aromatic N) is 2. The second-order valence-corrected chi connectivity index (χ2v) is 7.87. The quantitative estimate of drug-likeness (QED) is 0.329. The molecule has 0 radical (unpaired) electrons. The maximum absolute atomic E-state index is 12.2. The Balaban J connectivity index is 1.48. The van der Waals surface area contributed by atoms with Gasteiger partial charge in [0.05, 0.1) is 6.21 Å². The third-order valence-electron chi connectivity index (χ3n) is 5.76. The predicted molar refractivity (Wildman–Crippen MR) is 129 cm³/mol. The summed E-state index contributed by atoms with van der Waals surface area (Å²) in [5, 5.41) is 5.31. The van der Waals surface area contributed by atoms with E-state index in [1.165, 1.54) is 5.56 Å². The maximum Gasteiger partial charge on any atom is 0.277 e. The molecule has 0 saturated carbocycles. The molecule has 1 aromatic heterocycles. The Hall–Kier alpha value is -3.86. The molecule has 1 amide bonds. The highest BCUT2D eigenvalue weighted by molar-refractivity contribution is 6.01. The van der Waals surface area contributed by atoms with Gasteiger partial charge in [0, 0.05) is 28.7 Å². The molecule has 0 aliphatic rings. The topological polar surface area (TPSA) is 55.6 Å². The molecule has 0 spiro atoms. The number of hydrogen-bond donors (Lipinski definition) is 1. The Kier molecular flexibility index (Phi) is 6.36. The van der Waals surface area contributed by atoms with Crippen molar-refractivity contribution >= 4 is 23.0 Å². The number of rotatable bonds is 7. The standard InChI is InChI=1S/C27H27N3O2/c1-19-10-9-15-26(20(19)2)32-18-27(31)29-28-16-24-21(3)30(17-22-11-5-4-6-12-22)25-14-8-7-13-23(24)25/h4-16H,17-18H2,1-3H3,(H,29,31)/b28-16+. The lowest BCUT2D eigenvalue weighted by Crippen LogP contribution is -2.24. The maximum atomic E-state index is 12.2. The highest BCUT2D eigenvalue weighted by Crippen LogP contribution is 2.25. The first-order valence-electron chi connectivity index (χ1n) is 10.7. The zero-order valence-corrected chi connectivity index (χ0v) is 18.6. The molecule has 0 aliphatic heterocycles. The molecule has 4 aromatic rings. The molecule has 4 rings (SSSR count). The Morgan fingerprint density at radius 3 is 2.53 bits per heavy atom. The van der Waals surface area contributed by atoms with E-state index in [9.17, 15) is 4.79 Å². The molecular weight excluding hydrogens is 398 g/mol. The number of benzene rings is 3. The summed E-state index contributed by atoms with van der Waals surface area (Å²) in [5.41, 5.74) is 9.21. The summed E-state index contributed by atoms with van der Waals surface area (Å²) in [6, 6.07) is 24.4. The Morgan fingerprint density at radius 1 is 0.969 bits per heavy atom. The van der Waals surface area contributed by atoms with Crippen LogP contribution in [0, 0.1) is 20.8 Å². The van der Waals surface area contributed by atoms with Gasteiger partial charge < -0.3 is 9.30 Å². The van der Waals surface area contributed by atoms with Crippen LogP contribution in [0.5, 0.6) is 5.75 Å². The molecule has 1 N–H and O–H groups in total. The summed E-state index contributed by atoms with van der Waals surface area (Å²) < 4.78 is 7.93. The largest absolute Gasteiger partial charge is 0.483 e. The van der Waals surface area contributed by atoms with Gasteiger partial charge in [0.25, 0.3) is 5.91 Å². The second kappa shape index (κ2) is 9.52. The summed E-state index contributed by atoms with van der Waals surface area (Å²) in [7, 11) is 0. The Labute approximate surface area is 188 Å². The van der Waals surface area contributed by atoms with Crippen LogP contribution in [-0.4, -0.2) is 23.3 Å². The van der Waals surface area contributed by atoms with E-state index in [2.05, 4.69) is 58.4 Å². The average molecular weight is 426 g/mol. The zero-order chi connectivity index (χ0) is 22.5. The van der Waals surface area contributed by atoms with Crippen LogP contribution in [0.3, 0.4) is 0 Å². The van der Waals surface area contributed by atoms with Gasteiger partial charge in [-0.1, -0.05) is 60.7 Å². The molecule has 0 fully saturated rings. The number of fused-ring (bicyclic) bond motifs is 1. The number of ether oxygens (including phenoxy) is 1. The van der Waals surface area contributed by atoms with Crippen molar-refractivity contribution in [2.75, 3.05) is 6.61 Å². The van der Waals surface area contributed by atoms with Crippen molar-refractivity contribution in [3.8, 4) is 5.75 Å². The first-order chi connectivity index (χ1) is 15.5. The van der Waals surface area contributed by atoms with E-state index in [1.807, 2.05) is 50.2 Å². The van der Waals surface area contributed by atoms with Crippen molar-refractivity contribution in [2.24, 2.45) is 5.10 Å². The number of hydrazone groups is 1. The van der Waals surface area contributed by atoms with Crippen LogP contribution in [0.2, 0.25) is 0 Å². The van der Waals surface area contributed by atoms with Gasteiger partial charge in [-0.15, -0.1) is 0 Å². The Bertz CT molecular complexity index is 1270. The number of nitrogens with one attached hydrogen (secondary N) is 1. The lowest BCUT2D eigenvalue weighted by molar-refractivity contribution is -0.123. The molecule has 0 unspecified atom stereocenters. The second-order valence-electron chi connectivity index (χ2n) is 7.87. The van der Waals surface area contributed by atoms with Gasteiger partial charge in [-0.05, 0) is 49.6 Å². The Morgan fingerprint density at radius 2 is 1.72 bits per heavy atom. The van der Waals surface area contributed by atoms with Crippen LogP contribution >= 0.6 is 0 Å². The van der Waals surface area contributed by atoms with Crippen molar-refractivity contribution in [3.63, 3.8) is 0 Å². The van der Waals surface area contributed by atoms with Gasteiger partial charge in [-0.25, -0.2) is 5.43 Å². The van der Waals surface area contributed by atoms with Crippen molar-refractivity contribution in [2.45, 2.75) is 27.3 Å². The normalized spacial score (nSPS) is 11.2. The average Bonchev–Trinajstić information content (AvgIpc) is 3.07. The lowest BCUT2D eigenvalue weighted by Gasteiger charge is -2.09. The SMILES string of the molecule is Cc1cccc(OCC(=O)N/N=C/c2c(C)n(Cc3ccccc3)c3ccccc23)c1C. The fourth-order valence-electron chi connectivity index (χ4n) is 3.82. The summed E-state index contributed by atoms with van der Waals surface area (Å²) in [4.78, 5) is 12.2. The number of hydrogen-bond acceptors (Lipinski definition) is 3. The molecule has 5 nitrogen and oxygen atoms in total. The molecule has 0 bridgehead atoms. The third-order valence-corrected chi connectivity index (χ3v) is 5.76. The first-order valence-corrected chi connectivity index (χ1v) is 10.7. The summed E-state index contributed by atoms with van der Waals surface area (Å²) in [5.74, 6) is 0.414. The van der Waals surface area contributed by atoms with E-state index >= 15 is 0 Å². The summed E-state index contributed by atoms with van der Waals surface area (Å²) in [6.45, 7) is 6.76. The fraction of sp³-hybridized carbons (Fsp3) is 0.185. The molecule has 0 aliphatic carbocycles. The monoisotopic (exact) mass is 425 g/mol. The lowest BCUT2D eigenvalue weighted by atomic mass is 10.1. The number of carbonyl (C=O) groups excluding carboxylic acids is 1. The highest BCUT2D eigenvalue weighted by atomic mass is 16.5. The van der Waals surface area contributed by atoms with E-state index in [1.54, 1.807) is 6.21 Å². The van der Waals surface area contributed by atoms with Crippen LogP contribution in [0.1, 0.15) is 27.9 Å². The van der Waals surface area contributed by atoms with Gasteiger partial charge >= 0.3 is 0 Å². The minimum Gasteiger partial charge on any atom is -0.483 e. The van der Waals surface area contributed by atoms with Gasteiger partial charge in [-0.2, -0.15) is 5.10 Å².